The van der Waals surface area contributed by atoms with Gasteiger partial charge < -0.3 is 4.57 Å². The van der Waals surface area contributed by atoms with Gasteiger partial charge in [-0.15, -0.1) is 10.2 Å². The fourth-order valence-corrected chi connectivity index (χ4v) is 3.47. The Hall–Kier alpha value is -2.58. The number of benzene rings is 2. The second-order valence-electron chi connectivity index (χ2n) is 6.15. The molecule has 3 aromatic rings. The Morgan fingerprint density at radius 2 is 1.85 bits per heavy atom. The molecule has 0 spiro atoms. The molecule has 0 aliphatic rings. The zero-order chi connectivity index (χ0) is 18.4. The molecule has 3 rings (SSSR count). The second-order valence-corrected chi connectivity index (χ2v) is 6.92. The molecule has 0 aliphatic carbocycles. The Bertz CT molecular complexity index is 907. The lowest BCUT2D eigenvalue weighted by atomic mass is 9.99. The normalized spacial score (nSPS) is 10.7. The molecule has 0 unspecified atom stereocenters. The van der Waals surface area contributed by atoms with E-state index in [-0.39, 0.29) is 0 Å². The fraction of sp³-hybridized carbons (Fsp3) is 0.286. The summed E-state index contributed by atoms with van der Waals surface area (Å²) in [7, 11) is 0. The van der Waals surface area contributed by atoms with Gasteiger partial charge in [0, 0.05) is 6.42 Å². The van der Waals surface area contributed by atoms with Gasteiger partial charge in [0.25, 0.3) is 0 Å². The van der Waals surface area contributed by atoms with Gasteiger partial charge in [0.1, 0.15) is 5.82 Å². The molecule has 0 amide bonds. The van der Waals surface area contributed by atoms with Gasteiger partial charge in [0.15, 0.2) is 5.16 Å². The third kappa shape index (κ3) is 3.97. The largest absolute Gasteiger partial charge is 0.302 e. The lowest BCUT2D eigenvalue weighted by Crippen LogP contribution is -2.06. The summed E-state index contributed by atoms with van der Waals surface area (Å²) in [6.07, 6.45) is 5.26. The minimum atomic E-state index is 0.700. The van der Waals surface area contributed by atoms with Crippen molar-refractivity contribution in [2.45, 2.75) is 37.9 Å². The molecule has 0 aliphatic heterocycles. The number of hydrogen-bond acceptors (Lipinski definition) is 4. The summed E-state index contributed by atoms with van der Waals surface area (Å²) in [5.41, 5.74) is 3.94. The number of rotatable bonds is 7. The van der Waals surface area contributed by atoms with Crippen LogP contribution in [-0.2, 0) is 13.0 Å². The van der Waals surface area contributed by atoms with E-state index in [9.17, 15) is 5.26 Å². The summed E-state index contributed by atoms with van der Waals surface area (Å²) in [5, 5.41) is 18.9. The number of unbranched alkanes of at least 4 members (excludes halogenated alkanes) is 1. The van der Waals surface area contributed by atoms with Crippen LogP contribution < -0.4 is 0 Å². The average Bonchev–Trinajstić information content (AvgIpc) is 3.08. The third-order valence-corrected chi connectivity index (χ3v) is 5.05. The lowest BCUT2D eigenvalue weighted by Gasteiger charge is -2.10. The number of nitrogens with zero attached hydrogens (tertiary/aromatic N) is 4. The van der Waals surface area contributed by atoms with Gasteiger partial charge in [0.2, 0.25) is 0 Å². The van der Waals surface area contributed by atoms with Crippen LogP contribution in [0.15, 0.2) is 53.7 Å². The zero-order valence-corrected chi connectivity index (χ0v) is 16.0. The van der Waals surface area contributed by atoms with Gasteiger partial charge in [-0.3, -0.25) is 0 Å². The summed E-state index contributed by atoms with van der Waals surface area (Å²) in [6, 6.07) is 18.4. The van der Waals surface area contributed by atoms with E-state index in [1.807, 2.05) is 30.5 Å². The van der Waals surface area contributed by atoms with E-state index in [4.69, 9.17) is 0 Å². The highest BCUT2D eigenvalue weighted by atomic mass is 32.2. The minimum Gasteiger partial charge on any atom is -0.302 e. The minimum absolute atomic E-state index is 0.700. The van der Waals surface area contributed by atoms with Gasteiger partial charge in [0.05, 0.1) is 18.2 Å². The van der Waals surface area contributed by atoms with Crippen LogP contribution in [0.3, 0.4) is 0 Å². The maximum Gasteiger partial charge on any atom is 0.191 e. The summed E-state index contributed by atoms with van der Waals surface area (Å²) >= 11 is 1.63. The van der Waals surface area contributed by atoms with E-state index in [2.05, 4.69) is 52.0 Å². The number of aryl methyl sites for hydroxylation is 1. The Morgan fingerprint density at radius 1 is 1.08 bits per heavy atom. The summed E-state index contributed by atoms with van der Waals surface area (Å²) in [4.78, 5) is 0. The summed E-state index contributed by atoms with van der Waals surface area (Å²) < 4.78 is 2.21. The van der Waals surface area contributed by atoms with Crippen molar-refractivity contribution in [3.63, 3.8) is 0 Å². The standard InChI is InChI=1S/C21H22N4S/c1-3-4-9-20-23-24-21(26-2)25(20)15-16-10-12-17(13-11-16)19-8-6-5-7-18(19)14-22/h5-8,10-13H,3-4,9,15H2,1-2H3. The highest BCUT2D eigenvalue weighted by molar-refractivity contribution is 7.98. The van der Waals surface area contributed by atoms with Crippen LogP contribution in [0.4, 0.5) is 0 Å². The molecule has 0 fully saturated rings. The zero-order valence-electron chi connectivity index (χ0n) is 15.1. The molecule has 0 saturated heterocycles. The van der Waals surface area contributed by atoms with Crippen LogP contribution in [-0.4, -0.2) is 21.0 Å². The van der Waals surface area contributed by atoms with E-state index in [1.54, 1.807) is 11.8 Å². The highest BCUT2D eigenvalue weighted by Crippen LogP contribution is 2.24. The predicted octanol–water partition coefficient (Wildman–Crippen LogP) is 4.93. The molecule has 1 heterocycles. The van der Waals surface area contributed by atoms with E-state index >= 15 is 0 Å². The van der Waals surface area contributed by atoms with Crippen LogP contribution >= 0.6 is 11.8 Å². The number of thioether (sulfide) groups is 1. The van der Waals surface area contributed by atoms with Crippen molar-refractivity contribution < 1.29 is 0 Å². The third-order valence-electron chi connectivity index (χ3n) is 4.38. The van der Waals surface area contributed by atoms with Gasteiger partial charge in [-0.25, -0.2) is 0 Å². The molecule has 5 heteroatoms. The van der Waals surface area contributed by atoms with Crippen LogP contribution in [0, 0.1) is 11.3 Å². The van der Waals surface area contributed by atoms with Crippen LogP contribution in [0.25, 0.3) is 11.1 Å². The quantitative estimate of drug-likeness (QED) is 0.559. The first-order valence-electron chi connectivity index (χ1n) is 8.81. The van der Waals surface area contributed by atoms with Gasteiger partial charge >= 0.3 is 0 Å². The maximum atomic E-state index is 9.30. The number of nitriles is 1. The van der Waals surface area contributed by atoms with Crippen molar-refractivity contribution in [2.24, 2.45) is 0 Å². The predicted molar refractivity (Wildman–Crippen MR) is 106 cm³/mol. The molecule has 0 bridgehead atoms. The van der Waals surface area contributed by atoms with E-state index in [0.717, 1.165) is 47.9 Å². The molecule has 0 atom stereocenters. The van der Waals surface area contributed by atoms with Crippen molar-refractivity contribution in [3.05, 3.63) is 65.5 Å². The van der Waals surface area contributed by atoms with E-state index in [1.165, 1.54) is 5.56 Å². The van der Waals surface area contributed by atoms with Crippen molar-refractivity contribution in [1.82, 2.24) is 14.8 Å². The molecule has 0 radical (unpaired) electrons. The maximum absolute atomic E-state index is 9.30. The Balaban J connectivity index is 1.84. The van der Waals surface area contributed by atoms with E-state index in [0.29, 0.717) is 5.56 Å². The van der Waals surface area contributed by atoms with Crippen LogP contribution in [0.1, 0.15) is 36.7 Å². The average molecular weight is 363 g/mol. The molecular formula is C21H22N4S. The monoisotopic (exact) mass is 362 g/mol. The van der Waals surface area contributed by atoms with Crippen molar-refractivity contribution in [1.29, 1.82) is 5.26 Å². The molecule has 1 aromatic heterocycles. The van der Waals surface area contributed by atoms with E-state index < -0.39 is 0 Å². The molecule has 26 heavy (non-hydrogen) atoms. The molecule has 4 nitrogen and oxygen atoms in total. The Kier molecular flexibility index (Phi) is 6.08. The first-order chi connectivity index (χ1) is 12.8. The first-order valence-corrected chi connectivity index (χ1v) is 10.0. The lowest BCUT2D eigenvalue weighted by molar-refractivity contribution is 0.642. The Morgan fingerprint density at radius 3 is 2.54 bits per heavy atom. The topological polar surface area (TPSA) is 54.5 Å². The number of aromatic nitrogens is 3. The first kappa shape index (κ1) is 18.2. The molecule has 2 aromatic carbocycles. The van der Waals surface area contributed by atoms with Gasteiger partial charge in [-0.05, 0) is 35.4 Å². The van der Waals surface area contributed by atoms with Crippen molar-refractivity contribution in [3.8, 4) is 17.2 Å². The highest BCUT2D eigenvalue weighted by Gasteiger charge is 2.12. The van der Waals surface area contributed by atoms with Crippen molar-refractivity contribution >= 4 is 11.8 Å². The second kappa shape index (κ2) is 8.68. The van der Waals surface area contributed by atoms with Gasteiger partial charge in [-0.1, -0.05) is 67.6 Å². The molecular weight excluding hydrogens is 340 g/mol. The smallest absolute Gasteiger partial charge is 0.191 e. The molecule has 132 valence electrons. The number of hydrogen-bond donors (Lipinski definition) is 0. The van der Waals surface area contributed by atoms with Gasteiger partial charge in [-0.2, -0.15) is 5.26 Å². The van der Waals surface area contributed by atoms with Crippen LogP contribution in [0.2, 0.25) is 0 Å². The fourth-order valence-electron chi connectivity index (χ4n) is 2.95. The Labute approximate surface area is 158 Å². The molecule has 0 N–H and O–H groups in total. The summed E-state index contributed by atoms with van der Waals surface area (Å²) in [5.74, 6) is 1.05. The van der Waals surface area contributed by atoms with Crippen molar-refractivity contribution in [2.75, 3.05) is 6.26 Å². The SMILES string of the molecule is CCCCc1nnc(SC)n1Cc1ccc(-c2ccccc2C#N)cc1. The summed E-state index contributed by atoms with van der Waals surface area (Å²) in [6.45, 7) is 2.95. The molecule has 0 saturated carbocycles. The van der Waals surface area contributed by atoms with Crippen LogP contribution in [0.5, 0.6) is 0 Å².